The van der Waals surface area contributed by atoms with Crippen LogP contribution in [0.3, 0.4) is 0 Å². The quantitative estimate of drug-likeness (QED) is 0.814. The summed E-state index contributed by atoms with van der Waals surface area (Å²) in [5.74, 6) is 0. The summed E-state index contributed by atoms with van der Waals surface area (Å²) in [6, 6.07) is 7.35. The van der Waals surface area contributed by atoms with Crippen LogP contribution in [0.2, 0.25) is 0 Å². The van der Waals surface area contributed by atoms with E-state index in [2.05, 4.69) is 16.4 Å². The minimum Gasteiger partial charge on any atom is -0.397 e. The van der Waals surface area contributed by atoms with Gasteiger partial charge < -0.3 is 11.1 Å². The van der Waals surface area contributed by atoms with E-state index < -0.39 is 0 Å². The first-order valence-corrected chi connectivity index (χ1v) is 6.04. The lowest BCUT2D eigenvalue weighted by Gasteiger charge is -2.14. The van der Waals surface area contributed by atoms with Crippen molar-refractivity contribution < 1.29 is 0 Å². The Labute approximate surface area is 104 Å². The van der Waals surface area contributed by atoms with E-state index in [4.69, 9.17) is 11.0 Å². The predicted molar refractivity (Wildman–Crippen MR) is 69.7 cm³/mol. The van der Waals surface area contributed by atoms with Gasteiger partial charge in [0.25, 0.3) is 0 Å². The van der Waals surface area contributed by atoms with Crippen molar-refractivity contribution in [3.05, 3.63) is 40.3 Å². The standard InChI is InChI=1S/C12H12N4S/c1-8(12-15-4-5-17-12)16-11-6-9(7-13)2-3-10(11)14/h2-6,8,16H,14H2,1H3. The molecule has 0 radical (unpaired) electrons. The van der Waals surface area contributed by atoms with E-state index in [0.29, 0.717) is 11.3 Å². The highest BCUT2D eigenvalue weighted by atomic mass is 32.1. The van der Waals surface area contributed by atoms with Gasteiger partial charge in [0.15, 0.2) is 0 Å². The molecule has 2 rings (SSSR count). The van der Waals surface area contributed by atoms with E-state index in [-0.39, 0.29) is 6.04 Å². The lowest BCUT2D eigenvalue weighted by molar-refractivity contribution is 0.870. The Kier molecular flexibility index (Phi) is 3.26. The number of anilines is 2. The maximum Gasteiger partial charge on any atom is 0.115 e. The number of nitrogen functional groups attached to an aromatic ring is 1. The normalized spacial score (nSPS) is 11.8. The van der Waals surface area contributed by atoms with Gasteiger partial charge in [0.2, 0.25) is 0 Å². The lowest BCUT2D eigenvalue weighted by atomic mass is 10.1. The number of nitriles is 1. The van der Waals surface area contributed by atoms with Gasteiger partial charge in [-0.2, -0.15) is 5.26 Å². The molecule has 4 nitrogen and oxygen atoms in total. The fourth-order valence-electron chi connectivity index (χ4n) is 1.49. The first-order chi connectivity index (χ1) is 8.20. The number of nitrogens with one attached hydrogen (secondary N) is 1. The largest absolute Gasteiger partial charge is 0.397 e. The van der Waals surface area contributed by atoms with Crippen molar-refractivity contribution in [1.82, 2.24) is 4.98 Å². The molecule has 0 bridgehead atoms. The molecule has 86 valence electrons. The number of nitrogens with zero attached hydrogens (tertiary/aromatic N) is 2. The number of thiazole rings is 1. The summed E-state index contributed by atoms with van der Waals surface area (Å²) < 4.78 is 0. The van der Waals surface area contributed by atoms with E-state index in [1.165, 1.54) is 0 Å². The molecule has 17 heavy (non-hydrogen) atoms. The molecular weight excluding hydrogens is 232 g/mol. The molecule has 0 saturated carbocycles. The minimum atomic E-state index is 0.0752. The topological polar surface area (TPSA) is 74.7 Å². The highest BCUT2D eigenvalue weighted by Gasteiger charge is 2.09. The summed E-state index contributed by atoms with van der Waals surface area (Å²) in [6.07, 6.45) is 1.77. The van der Waals surface area contributed by atoms with E-state index in [1.54, 1.807) is 35.7 Å². The molecule has 0 aliphatic heterocycles. The molecule has 0 aliphatic rings. The molecule has 5 heteroatoms. The minimum absolute atomic E-state index is 0.0752. The molecule has 0 spiro atoms. The zero-order chi connectivity index (χ0) is 12.3. The monoisotopic (exact) mass is 244 g/mol. The number of aromatic nitrogens is 1. The molecule has 0 aliphatic carbocycles. The van der Waals surface area contributed by atoms with Gasteiger partial charge in [0.05, 0.1) is 29.0 Å². The van der Waals surface area contributed by atoms with E-state index in [0.717, 1.165) is 10.7 Å². The summed E-state index contributed by atoms with van der Waals surface area (Å²) in [4.78, 5) is 4.23. The van der Waals surface area contributed by atoms with Crippen LogP contribution in [0.15, 0.2) is 29.8 Å². The molecule has 1 unspecified atom stereocenters. The van der Waals surface area contributed by atoms with Crippen LogP contribution in [0.25, 0.3) is 0 Å². The molecular formula is C12H12N4S. The van der Waals surface area contributed by atoms with Gasteiger partial charge in [-0.15, -0.1) is 11.3 Å². The Balaban J connectivity index is 2.21. The average Bonchev–Trinajstić information content (AvgIpc) is 2.85. The molecule has 2 aromatic rings. The fourth-order valence-corrected chi connectivity index (χ4v) is 2.14. The van der Waals surface area contributed by atoms with Gasteiger partial charge in [0, 0.05) is 11.6 Å². The van der Waals surface area contributed by atoms with Crippen LogP contribution in [-0.2, 0) is 0 Å². The lowest BCUT2D eigenvalue weighted by Crippen LogP contribution is -2.08. The predicted octanol–water partition coefficient (Wildman–Crippen LogP) is 2.77. The van der Waals surface area contributed by atoms with Gasteiger partial charge in [-0.05, 0) is 25.1 Å². The first kappa shape index (κ1) is 11.4. The molecule has 0 saturated heterocycles. The van der Waals surface area contributed by atoms with Crippen molar-refractivity contribution in [3.63, 3.8) is 0 Å². The summed E-state index contributed by atoms with van der Waals surface area (Å²) in [5, 5.41) is 15.0. The van der Waals surface area contributed by atoms with Crippen LogP contribution in [0.4, 0.5) is 11.4 Å². The summed E-state index contributed by atoms with van der Waals surface area (Å²) in [7, 11) is 0. The third kappa shape index (κ3) is 2.55. The first-order valence-electron chi connectivity index (χ1n) is 5.16. The number of hydrogen-bond donors (Lipinski definition) is 2. The Hall–Kier alpha value is -2.06. The highest BCUT2D eigenvalue weighted by molar-refractivity contribution is 7.09. The SMILES string of the molecule is CC(Nc1cc(C#N)ccc1N)c1nccs1. The maximum atomic E-state index is 8.84. The molecule has 0 amide bonds. The maximum absolute atomic E-state index is 8.84. The number of rotatable bonds is 3. The summed E-state index contributed by atoms with van der Waals surface area (Å²) in [5.41, 5.74) is 7.85. The number of benzene rings is 1. The summed E-state index contributed by atoms with van der Waals surface area (Å²) >= 11 is 1.59. The second-order valence-electron chi connectivity index (χ2n) is 3.65. The molecule has 1 aromatic carbocycles. The third-order valence-electron chi connectivity index (χ3n) is 2.38. The van der Waals surface area contributed by atoms with E-state index in [9.17, 15) is 0 Å². The van der Waals surface area contributed by atoms with Crippen molar-refractivity contribution in [3.8, 4) is 6.07 Å². The van der Waals surface area contributed by atoms with Gasteiger partial charge in [-0.25, -0.2) is 4.98 Å². The smallest absolute Gasteiger partial charge is 0.115 e. The molecule has 1 heterocycles. The Bertz CT molecular complexity index is 542. The zero-order valence-corrected chi connectivity index (χ0v) is 10.2. The molecule has 1 atom stereocenters. The van der Waals surface area contributed by atoms with Crippen LogP contribution in [0, 0.1) is 11.3 Å². The van der Waals surface area contributed by atoms with Gasteiger partial charge in [-0.3, -0.25) is 0 Å². The van der Waals surface area contributed by atoms with Crippen molar-refractivity contribution in [2.45, 2.75) is 13.0 Å². The van der Waals surface area contributed by atoms with Gasteiger partial charge in [0.1, 0.15) is 5.01 Å². The van der Waals surface area contributed by atoms with Crippen LogP contribution < -0.4 is 11.1 Å². The van der Waals surface area contributed by atoms with E-state index in [1.807, 2.05) is 12.3 Å². The Morgan fingerprint density at radius 3 is 3.00 bits per heavy atom. The summed E-state index contributed by atoms with van der Waals surface area (Å²) in [6.45, 7) is 2.01. The van der Waals surface area contributed by atoms with Crippen molar-refractivity contribution in [1.29, 1.82) is 5.26 Å². The van der Waals surface area contributed by atoms with Crippen LogP contribution in [-0.4, -0.2) is 4.98 Å². The average molecular weight is 244 g/mol. The zero-order valence-electron chi connectivity index (χ0n) is 9.34. The van der Waals surface area contributed by atoms with Gasteiger partial charge >= 0.3 is 0 Å². The van der Waals surface area contributed by atoms with Crippen LogP contribution >= 0.6 is 11.3 Å². The van der Waals surface area contributed by atoms with Crippen molar-refractivity contribution in [2.75, 3.05) is 11.1 Å². The Morgan fingerprint density at radius 1 is 1.53 bits per heavy atom. The molecule has 1 aromatic heterocycles. The van der Waals surface area contributed by atoms with Crippen molar-refractivity contribution >= 4 is 22.7 Å². The second kappa shape index (κ2) is 4.85. The molecule has 3 N–H and O–H groups in total. The van der Waals surface area contributed by atoms with E-state index >= 15 is 0 Å². The van der Waals surface area contributed by atoms with Crippen LogP contribution in [0.5, 0.6) is 0 Å². The Morgan fingerprint density at radius 2 is 2.35 bits per heavy atom. The number of nitrogens with two attached hydrogens (primary N) is 1. The fraction of sp³-hybridized carbons (Fsp3) is 0.167. The molecule has 0 fully saturated rings. The van der Waals surface area contributed by atoms with Crippen molar-refractivity contribution in [2.24, 2.45) is 0 Å². The third-order valence-corrected chi connectivity index (χ3v) is 3.33. The number of hydrogen-bond acceptors (Lipinski definition) is 5. The highest BCUT2D eigenvalue weighted by Crippen LogP contribution is 2.25. The van der Waals surface area contributed by atoms with Gasteiger partial charge in [-0.1, -0.05) is 0 Å². The van der Waals surface area contributed by atoms with Crippen LogP contribution in [0.1, 0.15) is 23.5 Å². The second-order valence-corrected chi connectivity index (χ2v) is 4.58.